The number of hydrogen-bond donors (Lipinski definition) is 0. The largest absolute Gasteiger partial charge is 0.379 e. The van der Waals surface area contributed by atoms with E-state index in [9.17, 15) is 4.79 Å². The molecule has 0 unspecified atom stereocenters. The lowest BCUT2D eigenvalue weighted by Crippen LogP contribution is -2.41. The Kier molecular flexibility index (Phi) is 5.02. The molecule has 1 atom stereocenters. The molecule has 1 spiro atoms. The normalized spacial score (nSPS) is 26.2. The summed E-state index contributed by atoms with van der Waals surface area (Å²) in [6, 6.07) is 10.6. The summed E-state index contributed by atoms with van der Waals surface area (Å²) in [4.78, 5) is 16.9. The molecule has 2 saturated heterocycles. The van der Waals surface area contributed by atoms with Crippen molar-refractivity contribution in [2.24, 2.45) is 11.3 Å². The molecule has 2 fully saturated rings. The molecular formula is C19H28N2O2. The Labute approximate surface area is 139 Å². The lowest BCUT2D eigenvalue weighted by molar-refractivity contribution is -0.128. The molecular weight excluding hydrogens is 288 g/mol. The van der Waals surface area contributed by atoms with Gasteiger partial charge in [0.05, 0.1) is 13.2 Å². The highest BCUT2D eigenvalue weighted by Crippen LogP contribution is 2.35. The Balaban J connectivity index is 1.68. The van der Waals surface area contributed by atoms with Crippen molar-refractivity contribution in [1.82, 2.24) is 9.80 Å². The van der Waals surface area contributed by atoms with E-state index >= 15 is 0 Å². The van der Waals surface area contributed by atoms with Crippen molar-refractivity contribution >= 4 is 5.91 Å². The molecule has 2 aliphatic rings. The van der Waals surface area contributed by atoms with Gasteiger partial charge < -0.3 is 9.64 Å². The van der Waals surface area contributed by atoms with Crippen LogP contribution in [-0.4, -0.2) is 55.1 Å². The molecule has 0 aromatic heterocycles. The Bertz CT molecular complexity index is 531. The third kappa shape index (κ3) is 4.12. The summed E-state index contributed by atoms with van der Waals surface area (Å²) in [7, 11) is 0. The second kappa shape index (κ2) is 7.02. The zero-order valence-corrected chi connectivity index (χ0v) is 14.3. The molecule has 0 saturated carbocycles. The van der Waals surface area contributed by atoms with Crippen LogP contribution in [0.5, 0.6) is 0 Å². The van der Waals surface area contributed by atoms with E-state index in [2.05, 4.69) is 49.1 Å². The van der Waals surface area contributed by atoms with Gasteiger partial charge in [-0.1, -0.05) is 44.2 Å². The molecule has 23 heavy (non-hydrogen) atoms. The first kappa shape index (κ1) is 16.5. The minimum Gasteiger partial charge on any atom is -0.379 e. The van der Waals surface area contributed by atoms with Crippen LogP contribution < -0.4 is 0 Å². The van der Waals surface area contributed by atoms with Crippen LogP contribution in [0.2, 0.25) is 0 Å². The van der Waals surface area contributed by atoms with Crippen molar-refractivity contribution in [3.63, 3.8) is 0 Å². The average molecular weight is 316 g/mol. The number of carbonyl (C=O) groups is 1. The number of rotatable bonds is 4. The Morgan fingerprint density at radius 1 is 1.22 bits per heavy atom. The highest BCUT2D eigenvalue weighted by Gasteiger charge is 2.45. The zero-order chi connectivity index (χ0) is 16.3. The summed E-state index contributed by atoms with van der Waals surface area (Å²) in [5.74, 6) is 0.810. The summed E-state index contributed by atoms with van der Waals surface area (Å²) in [6.07, 6.45) is 0.630. The van der Waals surface area contributed by atoms with Crippen molar-refractivity contribution < 1.29 is 9.53 Å². The Morgan fingerprint density at radius 3 is 2.74 bits per heavy atom. The molecule has 1 aromatic rings. The van der Waals surface area contributed by atoms with Gasteiger partial charge in [0.15, 0.2) is 0 Å². The SMILES string of the molecule is CC(C)CN1C[C@]2(COCCN(Cc3ccccc3)C2)CC1=O. The highest BCUT2D eigenvalue weighted by atomic mass is 16.5. The smallest absolute Gasteiger partial charge is 0.223 e. The zero-order valence-electron chi connectivity index (χ0n) is 14.3. The minimum atomic E-state index is -0.0305. The molecule has 4 nitrogen and oxygen atoms in total. The number of ether oxygens (including phenoxy) is 1. The van der Waals surface area contributed by atoms with E-state index in [4.69, 9.17) is 4.74 Å². The summed E-state index contributed by atoms with van der Waals surface area (Å²) in [5, 5.41) is 0. The summed E-state index contributed by atoms with van der Waals surface area (Å²) in [6.45, 7) is 10.3. The van der Waals surface area contributed by atoms with Crippen LogP contribution in [0.3, 0.4) is 0 Å². The molecule has 0 radical (unpaired) electrons. The molecule has 2 heterocycles. The molecule has 126 valence electrons. The van der Waals surface area contributed by atoms with Gasteiger partial charge in [-0.3, -0.25) is 9.69 Å². The van der Waals surface area contributed by atoms with E-state index in [1.807, 2.05) is 4.90 Å². The third-order valence-corrected chi connectivity index (χ3v) is 4.76. The Morgan fingerprint density at radius 2 is 2.00 bits per heavy atom. The van der Waals surface area contributed by atoms with Crippen molar-refractivity contribution in [2.45, 2.75) is 26.8 Å². The van der Waals surface area contributed by atoms with Crippen LogP contribution in [0, 0.1) is 11.3 Å². The molecule has 0 bridgehead atoms. The van der Waals surface area contributed by atoms with Crippen LogP contribution in [-0.2, 0) is 16.1 Å². The fourth-order valence-electron chi connectivity index (χ4n) is 3.85. The predicted molar refractivity (Wildman–Crippen MR) is 91.0 cm³/mol. The van der Waals surface area contributed by atoms with E-state index in [1.165, 1.54) is 5.56 Å². The van der Waals surface area contributed by atoms with E-state index in [1.54, 1.807) is 0 Å². The summed E-state index contributed by atoms with van der Waals surface area (Å²) in [5.41, 5.74) is 1.30. The van der Waals surface area contributed by atoms with Crippen molar-refractivity contribution in [3.8, 4) is 0 Å². The Hall–Kier alpha value is -1.39. The van der Waals surface area contributed by atoms with Gasteiger partial charge in [0.25, 0.3) is 0 Å². The lowest BCUT2D eigenvalue weighted by Gasteiger charge is -2.31. The fraction of sp³-hybridized carbons (Fsp3) is 0.632. The number of hydrogen-bond acceptors (Lipinski definition) is 3. The number of amides is 1. The van der Waals surface area contributed by atoms with E-state index in [0.29, 0.717) is 24.9 Å². The first-order valence-electron chi connectivity index (χ1n) is 8.68. The third-order valence-electron chi connectivity index (χ3n) is 4.76. The minimum absolute atomic E-state index is 0.0305. The number of nitrogens with zero attached hydrogens (tertiary/aromatic N) is 2. The first-order chi connectivity index (χ1) is 11.1. The van der Waals surface area contributed by atoms with Crippen molar-refractivity contribution in [2.75, 3.05) is 39.4 Å². The second-order valence-electron chi connectivity index (χ2n) is 7.59. The van der Waals surface area contributed by atoms with Crippen molar-refractivity contribution in [3.05, 3.63) is 35.9 Å². The fourth-order valence-corrected chi connectivity index (χ4v) is 3.85. The first-order valence-corrected chi connectivity index (χ1v) is 8.68. The van der Waals surface area contributed by atoms with Crippen LogP contribution in [0.1, 0.15) is 25.8 Å². The van der Waals surface area contributed by atoms with Crippen LogP contribution in [0.15, 0.2) is 30.3 Å². The monoisotopic (exact) mass is 316 g/mol. The molecule has 2 aliphatic heterocycles. The lowest BCUT2D eigenvalue weighted by atomic mass is 9.87. The summed E-state index contributed by atoms with van der Waals surface area (Å²) >= 11 is 0. The standard InChI is InChI=1S/C19H28N2O2/c1-16(2)11-21-14-19(10-18(21)22)13-20(8-9-23-15-19)12-17-6-4-3-5-7-17/h3-7,16H,8-15H2,1-2H3/t19-/m0/s1. The van der Waals surface area contributed by atoms with Gasteiger partial charge in [-0.15, -0.1) is 0 Å². The van der Waals surface area contributed by atoms with Gasteiger partial charge in [-0.25, -0.2) is 0 Å². The van der Waals surface area contributed by atoms with Gasteiger partial charge in [-0.05, 0) is 11.5 Å². The van der Waals surface area contributed by atoms with Gasteiger partial charge >= 0.3 is 0 Å². The maximum Gasteiger partial charge on any atom is 0.223 e. The van der Waals surface area contributed by atoms with E-state index in [-0.39, 0.29) is 5.41 Å². The average Bonchev–Trinajstić information content (AvgIpc) is 2.67. The number of carbonyl (C=O) groups excluding carboxylic acids is 1. The van der Waals surface area contributed by atoms with E-state index in [0.717, 1.165) is 39.3 Å². The molecule has 0 aliphatic carbocycles. The highest BCUT2D eigenvalue weighted by molar-refractivity contribution is 5.79. The number of benzene rings is 1. The topological polar surface area (TPSA) is 32.8 Å². The van der Waals surface area contributed by atoms with Crippen LogP contribution in [0.4, 0.5) is 0 Å². The molecule has 4 heteroatoms. The van der Waals surface area contributed by atoms with Gasteiger partial charge in [-0.2, -0.15) is 0 Å². The van der Waals surface area contributed by atoms with Crippen molar-refractivity contribution in [1.29, 1.82) is 0 Å². The molecule has 1 amide bonds. The molecule has 0 N–H and O–H groups in total. The van der Waals surface area contributed by atoms with Crippen LogP contribution >= 0.6 is 0 Å². The maximum atomic E-state index is 12.4. The van der Waals surface area contributed by atoms with Gasteiger partial charge in [0.2, 0.25) is 5.91 Å². The van der Waals surface area contributed by atoms with E-state index < -0.39 is 0 Å². The van der Waals surface area contributed by atoms with Gasteiger partial charge in [0, 0.05) is 44.6 Å². The second-order valence-corrected chi connectivity index (χ2v) is 7.59. The van der Waals surface area contributed by atoms with Gasteiger partial charge in [0.1, 0.15) is 0 Å². The molecule has 3 rings (SSSR count). The number of likely N-dealkylation sites (tertiary alicyclic amines) is 1. The summed E-state index contributed by atoms with van der Waals surface area (Å²) < 4.78 is 5.88. The quantitative estimate of drug-likeness (QED) is 0.855. The maximum absolute atomic E-state index is 12.4. The van der Waals surface area contributed by atoms with Crippen LogP contribution in [0.25, 0.3) is 0 Å². The molecule has 1 aromatic carbocycles. The predicted octanol–water partition coefficient (Wildman–Crippen LogP) is 2.39.